The van der Waals surface area contributed by atoms with E-state index in [1.165, 1.54) is 4.63 Å². The summed E-state index contributed by atoms with van der Waals surface area (Å²) in [6, 6.07) is 7.74. The van der Waals surface area contributed by atoms with Crippen molar-refractivity contribution < 1.29 is 4.42 Å². The first-order valence-corrected chi connectivity index (χ1v) is 7.38. The van der Waals surface area contributed by atoms with Crippen LogP contribution in [0.1, 0.15) is 45.3 Å². The third kappa shape index (κ3) is 2.79. The van der Waals surface area contributed by atoms with E-state index < -0.39 is 0 Å². The summed E-state index contributed by atoms with van der Waals surface area (Å²) in [4.78, 5) is 0. The van der Waals surface area contributed by atoms with Crippen LogP contribution in [-0.2, 0) is 6.42 Å². The molecule has 3 rings (SSSR count). The van der Waals surface area contributed by atoms with Crippen molar-refractivity contribution in [2.24, 2.45) is 5.41 Å². The van der Waals surface area contributed by atoms with E-state index in [1.54, 1.807) is 0 Å². The largest absolute Gasteiger partial charge is 0.464 e. The number of fused-ring (bicyclic) bond motifs is 1. The predicted octanol–water partition coefficient (Wildman–Crippen LogP) is 2.87. The van der Waals surface area contributed by atoms with Crippen LogP contribution in [0.3, 0.4) is 0 Å². The van der Waals surface area contributed by atoms with Gasteiger partial charge in [-0.05, 0) is 40.1 Å². The van der Waals surface area contributed by atoms with Crippen LogP contribution in [0.15, 0.2) is 28.7 Å². The quantitative estimate of drug-likeness (QED) is 0.798. The van der Waals surface area contributed by atoms with Crippen molar-refractivity contribution in [3.05, 3.63) is 35.8 Å². The van der Waals surface area contributed by atoms with Gasteiger partial charge in [-0.1, -0.05) is 27.7 Å². The topological polar surface area (TPSA) is 81.1 Å². The number of hydrogen-bond acceptors (Lipinski definition) is 6. The van der Waals surface area contributed by atoms with Crippen LogP contribution in [0.25, 0.3) is 5.65 Å². The molecule has 1 N–H and O–H groups in total. The maximum atomic E-state index is 5.93. The van der Waals surface area contributed by atoms with Crippen molar-refractivity contribution in [1.29, 1.82) is 0 Å². The fourth-order valence-corrected chi connectivity index (χ4v) is 2.33. The summed E-state index contributed by atoms with van der Waals surface area (Å²) in [5.74, 6) is 2.59. The Balaban J connectivity index is 1.92. The van der Waals surface area contributed by atoms with Gasteiger partial charge in [-0.25, -0.2) is 0 Å². The molecule has 0 aliphatic rings. The Kier molecular flexibility index (Phi) is 3.56. The number of aryl methyl sites for hydroxylation is 1. The third-order valence-corrected chi connectivity index (χ3v) is 3.54. The van der Waals surface area contributed by atoms with Gasteiger partial charge in [0.25, 0.3) is 0 Å². The highest BCUT2D eigenvalue weighted by Crippen LogP contribution is 2.36. The average Bonchev–Trinajstić information content (AvgIpc) is 3.11. The van der Waals surface area contributed by atoms with Gasteiger partial charge in [0.1, 0.15) is 17.3 Å². The molecule has 0 unspecified atom stereocenters. The lowest BCUT2D eigenvalue weighted by atomic mass is 9.85. The molecule has 0 fully saturated rings. The highest BCUT2D eigenvalue weighted by atomic mass is 16.3. The minimum atomic E-state index is -0.0415. The first-order valence-electron chi connectivity index (χ1n) is 7.38. The van der Waals surface area contributed by atoms with E-state index in [2.05, 4.69) is 53.6 Å². The molecule has 0 radical (unpaired) electrons. The second-order valence-electron chi connectivity index (χ2n) is 6.35. The lowest BCUT2D eigenvalue weighted by Crippen LogP contribution is -2.26. The predicted molar refractivity (Wildman–Crippen MR) is 82.5 cm³/mol. The third-order valence-electron chi connectivity index (χ3n) is 3.54. The smallest absolute Gasteiger partial charge is 0.200 e. The summed E-state index contributed by atoms with van der Waals surface area (Å²) in [5, 5.41) is 19.1. The van der Waals surface area contributed by atoms with Crippen LogP contribution in [0, 0.1) is 5.41 Å². The van der Waals surface area contributed by atoms with Crippen LogP contribution in [0.4, 0.5) is 5.82 Å². The fourth-order valence-electron chi connectivity index (χ4n) is 2.33. The van der Waals surface area contributed by atoms with Crippen LogP contribution in [-0.4, -0.2) is 25.3 Å². The van der Waals surface area contributed by atoms with Gasteiger partial charge in [-0.3, -0.25) is 0 Å². The van der Waals surface area contributed by atoms with Crippen molar-refractivity contribution >= 4 is 11.5 Å². The first-order chi connectivity index (χ1) is 10.5. The number of tetrazole rings is 1. The number of hydrogen-bond donors (Lipinski definition) is 1. The van der Waals surface area contributed by atoms with E-state index in [4.69, 9.17) is 4.42 Å². The molecule has 1 atom stereocenters. The Morgan fingerprint density at radius 2 is 2.05 bits per heavy atom. The molecule has 0 aromatic carbocycles. The van der Waals surface area contributed by atoms with Crippen molar-refractivity contribution in [2.75, 3.05) is 5.32 Å². The summed E-state index contributed by atoms with van der Waals surface area (Å²) < 4.78 is 7.33. The van der Waals surface area contributed by atoms with E-state index in [0.717, 1.165) is 17.9 Å². The van der Waals surface area contributed by atoms with Crippen molar-refractivity contribution in [2.45, 2.75) is 40.2 Å². The average molecular weight is 300 g/mol. The number of furan rings is 1. The molecule has 116 valence electrons. The number of nitrogens with one attached hydrogen (secondary N) is 1. The summed E-state index contributed by atoms with van der Waals surface area (Å²) in [6.07, 6.45) is 0.881. The molecule has 0 aliphatic carbocycles. The van der Waals surface area contributed by atoms with Gasteiger partial charge in [0.2, 0.25) is 0 Å². The lowest BCUT2D eigenvalue weighted by Gasteiger charge is -2.30. The highest BCUT2D eigenvalue weighted by Gasteiger charge is 2.29. The van der Waals surface area contributed by atoms with E-state index in [1.807, 2.05) is 24.3 Å². The second-order valence-corrected chi connectivity index (χ2v) is 6.35. The Morgan fingerprint density at radius 1 is 1.23 bits per heavy atom. The minimum absolute atomic E-state index is 0.00534. The standard InChI is InChI=1S/C15H20N6O/c1-5-10-6-7-11(22-10)14(15(2,3)4)16-12-8-9-13-17-19-20-21(13)18-12/h6-9,14H,5H2,1-4H3,(H,16,18)/t14-/m1/s1. The zero-order valence-electron chi connectivity index (χ0n) is 13.2. The Morgan fingerprint density at radius 3 is 2.73 bits per heavy atom. The number of rotatable bonds is 4. The minimum Gasteiger partial charge on any atom is -0.464 e. The summed E-state index contributed by atoms with van der Waals surface area (Å²) >= 11 is 0. The molecule has 0 bridgehead atoms. The van der Waals surface area contributed by atoms with E-state index in [-0.39, 0.29) is 11.5 Å². The first kappa shape index (κ1) is 14.5. The Labute approximate surface area is 128 Å². The molecule has 22 heavy (non-hydrogen) atoms. The Hall–Kier alpha value is -2.44. The van der Waals surface area contributed by atoms with Gasteiger partial charge in [-0.15, -0.1) is 14.8 Å². The molecule has 0 saturated carbocycles. The summed E-state index contributed by atoms with van der Waals surface area (Å²) in [6.45, 7) is 8.56. The molecular weight excluding hydrogens is 280 g/mol. The van der Waals surface area contributed by atoms with E-state index in [9.17, 15) is 0 Å². The lowest BCUT2D eigenvalue weighted by molar-refractivity contribution is 0.298. The molecule has 7 nitrogen and oxygen atoms in total. The maximum absolute atomic E-state index is 5.93. The van der Waals surface area contributed by atoms with Crippen LogP contribution in [0.5, 0.6) is 0 Å². The zero-order chi connectivity index (χ0) is 15.7. The van der Waals surface area contributed by atoms with Crippen LogP contribution < -0.4 is 5.32 Å². The van der Waals surface area contributed by atoms with Crippen LogP contribution >= 0.6 is 0 Å². The van der Waals surface area contributed by atoms with Gasteiger partial charge in [0.05, 0.1) is 6.04 Å². The monoisotopic (exact) mass is 300 g/mol. The van der Waals surface area contributed by atoms with Gasteiger partial charge in [0, 0.05) is 6.42 Å². The summed E-state index contributed by atoms with van der Waals surface area (Å²) in [5.41, 5.74) is 0.573. The number of nitrogens with zero attached hydrogens (tertiary/aromatic N) is 5. The molecule has 3 heterocycles. The van der Waals surface area contributed by atoms with Crippen molar-refractivity contribution in [3.8, 4) is 0 Å². The maximum Gasteiger partial charge on any atom is 0.200 e. The highest BCUT2D eigenvalue weighted by molar-refractivity contribution is 5.43. The van der Waals surface area contributed by atoms with Crippen molar-refractivity contribution in [3.63, 3.8) is 0 Å². The van der Waals surface area contributed by atoms with Gasteiger partial charge in [-0.2, -0.15) is 0 Å². The van der Waals surface area contributed by atoms with Crippen LogP contribution in [0.2, 0.25) is 0 Å². The van der Waals surface area contributed by atoms with Gasteiger partial charge >= 0.3 is 0 Å². The molecular formula is C15H20N6O. The van der Waals surface area contributed by atoms with Crippen molar-refractivity contribution in [1.82, 2.24) is 25.3 Å². The zero-order valence-corrected chi connectivity index (χ0v) is 13.2. The number of anilines is 1. The number of aromatic nitrogens is 5. The Bertz CT molecular complexity index is 770. The van der Waals surface area contributed by atoms with Gasteiger partial charge < -0.3 is 9.73 Å². The van der Waals surface area contributed by atoms with E-state index in [0.29, 0.717) is 11.5 Å². The molecule has 0 saturated heterocycles. The molecule has 0 amide bonds. The molecule has 3 aromatic rings. The van der Waals surface area contributed by atoms with E-state index >= 15 is 0 Å². The SMILES string of the molecule is CCc1ccc([C@@H](Nc2ccc3nnnn3n2)C(C)(C)C)o1. The molecule has 3 aromatic heterocycles. The molecule has 7 heteroatoms. The summed E-state index contributed by atoms with van der Waals surface area (Å²) in [7, 11) is 0. The fraction of sp³-hybridized carbons (Fsp3) is 0.467. The molecule has 0 aliphatic heterocycles. The second kappa shape index (κ2) is 5.40. The normalized spacial score (nSPS) is 13.5. The molecule has 0 spiro atoms. The van der Waals surface area contributed by atoms with Gasteiger partial charge in [0.15, 0.2) is 5.65 Å².